The summed E-state index contributed by atoms with van der Waals surface area (Å²) >= 11 is 0. The molecule has 4 saturated carbocycles. The zero-order valence-electron chi connectivity index (χ0n) is 16.1. The molecule has 1 aromatic rings. The second kappa shape index (κ2) is 6.93. The van der Waals surface area contributed by atoms with Gasteiger partial charge in [0.05, 0.1) is 12.1 Å². The Kier molecular flexibility index (Phi) is 4.75. The predicted octanol–water partition coefficient (Wildman–Crippen LogP) is 3.03. The van der Waals surface area contributed by atoms with Crippen molar-refractivity contribution in [1.29, 1.82) is 0 Å². The Balaban J connectivity index is 1.30. The van der Waals surface area contributed by atoms with E-state index in [1.165, 1.54) is 6.42 Å². The number of nitrogens with one attached hydrogen (secondary N) is 2. The van der Waals surface area contributed by atoms with Crippen LogP contribution in [-0.4, -0.2) is 29.1 Å². The molecule has 0 saturated heterocycles. The van der Waals surface area contributed by atoms with E-state index in [1.54, 1.807) is 0 Å². The molecule has 4 bridgehead atoms. The summed E-state index contributed by atoms with van der Waals surface area (Å²) in [6, 6.07) is 7.72. The van der Waals surface area contributed by atoms with Crippen molar-refractivity contribution in [3.63, 3.8) is 0 Å². The van der Waals surface area contributed by atoms with Crippen molar-refractivity contribution in [3.05, 3.63) is 29.8 Å². The van der Waals surface area contributed by atoms with Crippen LogP contribution in [0.15, 0.2) is 24.3 Å². The molecule has 4 fully saturated rings. The van der Waals surface area contributed by atoms with Crippen LogP contribution in [0.2, 0.25) is 0 Å². The van der Waals surface area contributed by atoms with Gasteiger partial charge in [0.2, 0.25) is 11.8 Å². The third kappa shape index (κ3) is 3.88. The van der Waals surface area contributed by atoms with Crippen molar-refractivity contribution in [2.24, 2.45) is 17.3 Å². The lowest BCUT2D eigenvalue weighted by molar-refractivity contribution is -0.169. The van der Waals surface area contributed by atoms with Crippen molar-refractivity contribution < 1.29 is 14.7 Å². The fraction of sp³-hybridized carbons (Fsp3) is 0.636. The second-order valence-electron chi connectivity index (χ2n) is 9.20. The minimum Gasteiger partial charge on any atom is -0.390 e. The normalized spacial score (nSPS) is 33.7. The summed E-state index contributed by atoms with van der Waals surface area (Å²) < 4.78 is 0. The third-order valence-corrected chi connectivity index (χ3v) is 6.81. The lowest BCUT2D eigenvalue weighted by atomic mass is 9.47. The molecule has 0 aromatic heterocycles. The van der Waals surface area contributed by atoms with E-state index in [1.807, 2.05) is 31.2 Å². The van der Waals surface area contributed by atoms with Crippen LogP contribution in [0.1, 0.15) is 57.4 Å². The van der Waals surface area contributed by atoms with Crippen LogP contribution in [0.3, 0.4) is 0 Å². The summed E-state index contributed by atoms with van der Waals surface area (Å²) in [5.41, 5.74) is 1.28. The molecule has 27 heavy (non-hydrogen) atoms. The number of anilines is 1. The first-order chi connectivity index (χ1) is 12.9. The van der Waals surface area contributed by atoms with Crippen LogP contribution in [-0.2, 0) is 16.0 Å². The summed E-state index contributed by atoms with van der Waals surface area (Å²) in [6.45, 7) is 2.04. The summed E-state index contributed by atoms with van der Waals surface area (Å²) in [6.07, 6.45) is 7.15. The second-order valence-corrected chi connectivity index (χ2v) is 9.20. The SMILES string of the molecule is CCc1ccccc1NC(=O)CNC(=O)CC12C[C@H]3C[C@@H](CC(O)(C3)C1)C2. The summed E-state index contributed by atoms with van der Waals surface area (Å²) in [7, 11) is 0. The van der Waals surface area contributed by atoms with E-state index in [0.29, 0.717) is 18.3 Å². The molecule has 0 heterocycles. The Morgan fingerprint density at radius 3 is 2.48 bits per heavy atom. The van der Waals surface area contributed by atoms with Crippen molar-refractivity contribution in [2.75, 3.05) is 11.9 Å². The lowest BCUT2D eigenvalue weighted by Crippen LogP contribution is -2.56. The number of aliphatic hydroxyl groups is 1. The first-order valence-corrected chi connectivity index (χ1v) is 10.3. The van der Waals surface area contributed by atoms with Crippen LogP contribution < -0.4 is 10.6 Å². The molecule has 2 amide bonds. The van der Waals surface area contributed by atoms with Crippen LogP contribution in [0.4, 0.5) is 5.69 Å². The zero-order chi connectivity index (χ0) is 19.1. The zero-order valence-corrected chi connectivity index (χ0v) is 16.1. The number of benzene rings is 1. The molecule has 3 N–H and O–H groups in total. The number of rotatable bonds is 6. The molecule has 2 atom stereocenters. The van der Waals surface area contributed by atoms with E-state index in [4.69, 9.17) is 0 Å². The van der Waals surface area contributed by atoms with E-state index < -0.39 is 5.60 Å². The molecule has 0 aliphatic heterocycles. The van der Waals surface area contributed by atoms with Gasteiger partial charge in [0.1, 0.15) is 0 Å². The molecular formula is C22H30N2O3. The number of aryl methyl sites for hydroxylation is 1. The molecule has 4 aliphatic carbocycles. The number of hydrogen-bond donors (Lipinski definition) is 3. The van der Waals surface area contributed by atoms with Crippen molar-refractivity contribution in [1.82, 2.24) is 5.32 Å². The largest absolute Gasteiger partial charge is 0.390 e. The first kappa shape index (κ1) is 18.5. The van der Waals surface area contributed by atoms with E-state index in [9.17, 15) is 14.7 Å². The molecule has 5 heteroatoms. The number of carbonyl (C=O) groups is 2. The standard InChI is InChI=1S/C22H30N2O3/c1-2-17-5-3-4-6-18(17)24-20(26)13-23-19(25)12-21-8-15-7-16(9-21)11-22(27,10-15)14-21/h3-6,15-16,27H,2,7-14H2,1H3,(H,23,25)(H,24,26)/t15-,16-,21?,22?/m1/s1. The average Bonchev–Trinajstić information content (AvgIpc) is 2.58. The number of carbonyl (C=O) groups excluding carboxylic acids is 2. The van der Waals surface area contributed by atoms with Crippen LogP contribution in [0.25, 0.3) is 0 Å². The molecular weight excluding hydrogens is 340 g/mol. The fourth-order valence-corrected chi connectivity index (χ4v) is 6.34. The summed E-state index contributed by atoms with van der Waals surface area (Å²) in [5, 5.41) is 16.5. The highest BCUT2D eigenvalue weighted by Gasteiger charge is 2.57. The van der Waals surface area contributed by atoms with Gasteiger partial charge in [-0.3, -0.25) is 9.59 Å². The maximum absolute atomic E-state index is 12.5. The fourth-order valence-electron chi connectivity index (χ4n) is 6.34. The van der Waals surface area contributed by atoms with Crippen molar-refractivity contribution in [3.8, 4) is 0 Å². The maximum atomic E-state index is 12.5. The molecule has 4 aliphatic rings. The Morgan fingerprint density at radius 1 is 1.11 bits per heavy atom. The average molecular weight is 370 g/mol. The highest BCUT2D eigenvalue weighted by Crippen LogP contribution is 2.62. The van der Waals surface area contributed by atoms with Gasteiger partial charge in [-0.25, -0.2) is 0 Å². The number of para-hydroxylation sites is 1. The summed E-state index contributed by atoms with van der Waals surface area (Å²) in [4.78, 5) is 24.8. The minimum atomic E-state index is -0.550. The predicted molar refractivity (Wildman–Crippen MR) is 104 cm³/mol. The molecule has 1 aromatic carbocycles. The van der Waals surface area contributed by atoms with E-state index in [2.05, 4.69) is 10.6 Å². The molecule has 5 rings (SSSR count). The van der Waals surface area contributed by atoms with Gasteiger partial charge in [0.25, 0.3) is 0 Å². The monoisotopic (exact) mass is 370 g/mol. The molecule has 5 nitrogen and oxygen atoms in total. The highest BCUT2D eigenvalue weighted by molar-refractivity contribution is 5.95. The van der Waals surface area contributed by atoms with Gasteiger partial charge in [-0.05, 0) is 73.8 Å². The van der Waals surface area contributed by atoms with Crippen LogP contribution >= 0.6 is 0 Å². The lowest BCUT2D eigenvalue weighted by Gasteiger charge is -2.60. The van der Waals surface area contributed by atoms with Gasteiger partial charge in [-0.1, -0.05) is 25.1 Å². The Bertz CT molecular complexity index is 731. The highest BCUT2D eigenvalue weighted by atomic mass is 16.3. The van der Waals surface area contributed by atoms with E-state index in [-0.39, 0.29) is 23.8 Å². The quantitative estimate of drug-likeness (QED) is 0.720. The third-order valence-electron chi connectivity index (χ3n) is 6.81. The summed E-state index contributed by atoms with van der Waals surface area (Å²) in [5.74, 6) is 0.864. The van der Waals surface area contributed by atoms with Gasteiger partial charge >= 0.3 is 0 Å². The minimum absolute atomic E-state index is 0.00983. The molecule has 0 radical (unpaired) electrons. The van der Waals surface area contributed by atoms with Gasteiger partial charge in [0.15, 0.2) is 0 Å². The number of amides is 2. The Hall–Kier alpha value is -1.88. The Labute approximate surface area is 160 Å². The van der Waals surface area contributed by atoms with Crippen LogP contribution in [0, 0.1) is 17.3 Å². The number of hydrogen-bond acceptors (Lipinski definition) is 3. The van der Waals surface area contributed by atoms with Gasteiger partial charge in [0, 0.05) is 12.1 Å². The van der Waals surface area contributed by atoms with Crippen molar-refractivity contribution >= 4 is 17.5 Å². The topological polar surface area (TPSA) is 78.4 Å². The van der Waals surface area contributed by atoms with Crippen LogP contribution in [0.5, 0.6) is 0 Å². The smallest absolute Gasteiger partial charge is 0.243 e. The van der Waals surface area contributed by atoms with E-state index in [0.717, 1.165) is 49.8 Å². The molecule has 0 spiro atoms. The molecule has 146 valence electrons. The van der Waals surface area contributed by atoms with Gasteiger partial charge in [-0.2, -0.15) is 0 Å². The molecule has 0 unspecified atom stereocenters. The van der Waals surface area contributed by atoms with E-state index >= 15 is 0 Å². The Morgan fingerprint density at radius 2 is 1.81 bits per heavy atom. The first-order valence-electron chi connectivity index (χ1n) is 10.3. The van der Waals surface area contributed by atoms with Gasteiger partial charge < -0.3 is 15.7 Å². The maximum Gasteiger partial charge on any atom is 0.243 e. The van der Waals surface area contributed by atoms with Crippen molar-refractivity contribution in [2.45, 2.75) is 63.9 Å². The van der Waals surface area contributed by atoms with Gasteiger partial charge in [-0.15, -0.1) is 0 Å².